The first-order valence-corrected chi connectivity index (χ1v) is 12.4. The fourth-order valence-electron chi connectivity index (χ4n) is 4.72. The number of nitrogens with one attached hydrogen (secondary N) is 1. The minimum atomic E-state index is -0.383. The molecule has 1 aliphatic heterocycles. The summed E-state index contributed by atoms with van der Waals surface area (Å²) in [7, 11) is 1.76. The first-order valence-electron chi connectivity index (χ1n) is 12.4. The van der Waals surface area contributed by atoms with Crippen LogP contribution in [0.25, 0.3) is 11.1 Å². The van der Waals surface area contributed by atoms with Crippen LogP contribution in [0.3, 0.4) is 0 Å². The number of pyridine rings is 2. The minimum Gasteiger partial charge on any atom is -0.472 e. The summed E-state index contributed by atoms with van der Waals surface area (Å²) in [5.41, 5.74) is 1.93. The normalized spacial score (nSPS) is 21.5. The largest absolute Gasteiger partial charge is 0.472 e. The summed E-state index contributed by atoms with van der Waals surface area (Å²) in [6.45, 7) is 4.40. The molecule has 0 unspecified atom stereocenters. The number of carbonyl (C=O) groups is 2. The fourth-order valence-corrected chi connectivity index (χ4v) is 4.72. The van der Waals surface area contributed by atoms with Gasteiger partial charge in [0.05, 0.1) is 19.2 Å². The van der Waals surface area contributed by atoms with E-state index in [4.69, 9.17) is 4.74 Å². The van der Waals surface area contributed by atoms with Gasteiger partial charge in [-0.25, -0.2) is 9.78 Å². The Bertz CT molecular complexity index is 1030. The van der Waals surface area contributed by atoms with Crippen molar-refractivity contribution in [1.29, 1.82) is 0 Å². The average Bonchev–Trinajstić information content (AvgIpc) is 3.39. The van der Waals surface area contributed by atoms with E-state index in [0.717, 1.165) is 36.8 Å². The molecule has 3 heterocycles. The number of amides is 3. The molecule has 1 fully saturated rings. The molecule has 2 aromatic heterocycles. The van der Waals surface area contributed by atoms with Crippen molar-refractivity contribution < 1.29 is 19.4 Å². The number of likely N-dealkylation sites (N-methyl/N-ethyl adjacent to an activating group) is 1. The number of aliphatic hydroxyl groups is 1. The zero-order valence-electron chi connectivity index (χ0n) is 20.7. The molecule has 0 bridgehead atoms. The number of rotatable bonds is 6. The van der Waals surface area contributed by atoms with E-state index in [2.05, 4.69) is 15.3 Å². The van der Waals surface area contributed by atoms with E-state index in [1.165, 1.54) is 0 Å². The summed E-state index contributed by atoms with van der Waals surface area (Å²) < 4.78 is 6.30. The van der Waals surface area contributed by atoms with E-state index in [0.29, 0.717) is 18.7 Å². The fraction of sp³-hybridized carbons (Fsp3) is 0.538. The lowest BCUT2D eigenvalue weighted by Crippen LogP contribution is -2.52. The highest BCUT2D eigenvalue weighted by molar-refractivity contribution is 5.98. The molecule has 4 rings (SSSR count). The van der Waals surface area contributed by atoms with Crippen LogP contribution in [0.4, 0.5) is 4.79 Å². The van der Waals surface area contributed by atoms with E-state index < -0.39 is 0 Å². The number of fused-ring (bicyclic) bond motifs is 1. The van der Waals surface area contributed by atoms with Gasteiger partial charge >= 0.3 is 6.03 Å². The van der Waals surface area contributed by atoms with Gasteiger partial charge in [-0.3, -0.25) is 9.78 Å². The Morgan fingerprint density at radius 1 is 1.31 bits per heavy atom. The third kappa shape index (κ3) is 5.73. The SMILES string of the molecule is C[C@H](CO)N1C[C@H](C)[C@H](CN(C)C(=O)NC2CCCC2)Oc2ncc(-c3cccnc3)cc2C1=O. The van der Waals surface area contributed by atoms with Crippen molar-refractivity contribution in [3.05, 3.63) is 42.4 Å². The first kappa shape index (κ1) is 24.9. The summed E-state index contributed by atoms with van der Waals surface area (Å²) in [6.07, 6.45) is 9.02. The van der Waals surface area contributed by atoms with Crippen LogP contribution in [-0.4, -0.2) is 81.7 Å². The highest BCUT2D eigenvalue weighted by atomic mass is 16.5. The van der Waals surface area contributed by atoms with Crippen molar-refractivity contribution in [3.8, 4) is 17.0 Å². The summed E-state index contributed by atoms with van der Waals surface area (Å²) in [4.78, 5) is 38.3. The molecule has 35 heavy (non-hydrogen) atoms. The number of hydrogen-bond acceptors (Lipinski definition) is 6. The Balaban J connectivity index is 1.61. The van der Waals surface area contributed by atoms with Gasteiger partial charge in [-0.1, -0.05) is 25.8 Å². The Kier molecular flexibility index (Phi) is 7.85. The van der Waals surface area contributed by atoms with E-state index in [1.807, 2.05) is 26.0 Å². The van der Waals surface area contributed by atoms with Crippen LogP contribution in [0.5, 0.6) is 5.88 Å². The number of hydrogen-bond donors (Lipinski definition) is 2. The molecule has 0 radical (unpaired) electrons. The molecule has 0 aromatic carbocycles. The quantitative estimate of drug-likeness (QED) is 0.657. The summed E-state index contributed by atoms with van der Waals surface area (Å²) >= 11 is 0. The van der Waals surface area contributed by atoms with Gasteiger partial charge in [0.15, 0.2) is 0 Å². The van der Waals surface area contributed by atoms with E-state index in [1.54, 1.807) is 41.5 Å². The van der Waals surface area contributed by atoms with Crippen LogP contribution in [0.15, 0.2) is 36.8 Å². The van der Waals surface area contributed by atoms with Crippen LogP contribution in [0.1, 0.15) is 49.9 Å². The summed E-state index contributed by atoms with van der Waals surface area (Å²) in [5.74, 6) is -0.0982. The van der Waals surface area contributed by atoms with Crippen molar-refractivity contribution in [1.82, 2.24) is 25.1 Å². The number of urea groups is 1. The maximum Gasteiger partial charge on any atom is 0.317 e. The molecule has 2 N–H and O–H groups in total. The van der Waals surface area contributed by atoms with Crippen LogP contribution in [0.2, 0.25) is 0 Å². The highest BCUT2D eigenvalue weighted by Gasteiger charge is 2.35. The second-order valence-corrected chi connectivity index (χ2v) is 9.75. The molecule has 2 aromatic rings. The molecule has 2 aliphatic rings. The average molecular weight is 482 g/mol. The van der Waals surface area contributed by atoms with E-state index in [-0.39, 0.29) is 48.5 Å². The second kappa shape index (κ2) is 11.0. The smallest absolute Gasteiger partial charge is 0.317 e. The maximum absolute atomic E-state index is 13.6. The Morgan fingerprint density at radius 2 is 2.09 bits per heavy atom. The van der Waals surface area contributed by atoms with Gasteiger partial charge < -0.3 is 25.0 Å². The zero-order chi connectivity index (χ0) is 24.9. The highest BCUT2D eigenvalue weighted by Crippen LogP contribution is 2.30. The molecule has 9 nitrogen and oxygen atoms in total. The third-order valence-electron chi connectivity index (χ3n) is 7.00. The molecule has 3 atom stereocenters. The summed E-state index contributed by atoms with van der Waals surface area (Å²) in [5, 5.41) is 13.0. The topological polar surface area (TPSA) is 108 Å². The first-order chi connectivity index (χ1) is 16.9. The molecule has 0 spiro atoms. The predicted octanol–water partition coefficient (Wildman–Crippen LogP) is 2.95. The van der Waals surface area contributed by atoms with Gasteiger partial charge in [0, 0.05) is 55.3 Å². The number of aliphatic hydroxyl groups excluding tert-OH is 1. The van der Waals surface area contributed by atoms with Gasteiger partial charge in [-0.15, -0.1) is 0 Å². The lowest BCUT2D eigenvalue weighted by molar-refractivity contribution is 0.0351. The van der Waals surface area contributed by atoms with Gasteiger partial charge in [0.2, 0.25) is 5.88 Å². The Labute approximate surface area is 206 Å². The molecular formula is C26H35N5O4. The lowest BCUT2D eigenvalue weighted by atomic mass is 9.99. The predicted molar refractivity (Wildman–Crippen MR) is 132 cm³/mol. The Hall–Kier alpha value is -3.20. The van der Waals surface area contributed by atoms with E-state index >= 15 is 0 Å². The van der Waals surface area contributed by atoms with Crippen LogP contribution >= 0.6 is 0 Å². The van der Waals surface area contributed by atoms with Crippen molar-refractivity contribution in [3.63, 3.8) is 0 Å². The van der Waals surface area contributed by atoms with E-state index in [9.17, 15) is 14.7 Å². The van der Waals surface area contributed by atoms with Gasteiger partial charge in [0.1, 0.15) is 11.7 Å². The number of aromatic nitrogens is 2. The van der Waals surface area contributed by atoms with Crippen molar-refractivity contribution in [2.45, 2.75) is 57.7 Å². The van der Waals surface area contributed by atoms with Crippen molar-refractivity contribution >= 4 is 11.9 Å². The van der Waals surface area contributed by atoms with Crippen molar-refractivity contribution in [2.24, 2.45) is 5.92 Å². The van der Waals surface area contributed by atoms with Gasteiger partial charge in [0.25, 0.3) is 5.91 Å². The number of nitrogens with zero attached hydrogens (tertiary/aromatic N) is 4. The van der Waals surface area contributed by atoms with Crippen LogP contribution < -0.4 is 10.1 Å². The molecule has 1 aliphatic carbocycles. The minimum absolute atomic E-state index is 0.0948. The molecule has 0 saturated heterocycles. The molecular weight excluding hydrogens is 446 g/mol. The van der Waals surface area contributed by atoms with Gasteiger partial charge in [-0.2, -0.15) is 0 Å². The second-order valence-electron chi connectivity index (χ2n) is 9.75. The summed E-state index contributed by atoms with van der Waals surface area (Å²) in [6, 6.07) is 5.24. The molecule has 188 valence electrons. The zero-order valence-corrected chi connectivity index (χ0v) is 20.7. The number of ether oxygens (including phenoxy) is 1. The molecule has 9 heteroatoms. The third-order valence-corrected chi connectivity index (χ3v) is 7.00. The Morgan fingerprint density at radius 3 is 2.77 bits per heavy atom. The number of carbonyl (C=O) groups excluding carboxylic acids is 2. The maximum atomic E-state index is 13.6. The van der Waals surface area contributed by atoms with Crippen molar-refractivity contribution in [2.75, 3.05) is 26.7 Å². The van der Waals surface area contributed by atoms with Gasteiger partial charge in [-0.05, 0) is 31.9 Å². The monoisotopic (exact) mass is 481 g/mol. The van der Waals surface area contributed by atoms with Crippen LogP contribution in [0, 0.1) is 5.92 Å². The molecule has 1 saturated carbocycles. The molecule has 3 amide bonds. The van der Waals surface area contributed by atoms with Crippen LogP contribution in [-0.2, 0) is 0 Å². The standard InChI is InChI=1S/C26H35N5O4/c1-17-14-31(18(2)16-32)25(33)22-11-20(19-7-6-10-27-12-19)13-28-24(22)35-23(17)15-30(3)26(34)29-21-8-4-5-9-21/h6-7,10-13,17-18,21,23,32H,4-5,8-9,14-16H2,1-3H3,(H,29,34)/t17-,18+,23-/m0/s1. The lowest BCUT2D eigenvalue weighted by Gasteiger charge is -2.37.